The summed E-state index contributed by atoms with van der Waals surface area (Å²) < 4.78 is 11.5. The van der Waals surface area contributed by atoms with Crippen LogP contribution in [0, 0.1) is 18.3 Å². The standard InChI is InChI=1S/C18H29NO2S/c1-3-20-13-16-14-21-11-8-18(16)6-9-19(10-7-18)12-17-5-4-15(2)22-17/h4-5,16H,3,6-14H2,1-2H3. The van der Waals surface area contributed by atoms with E-state index in [9.17, 15) is 0 Å². The molecule has 124 valence electrons. The maximum Gasteiger partial charge on any atom is 0.0521 e. The van der Waals surface area contributed by atoms with Gasteiger partial charge in [0.1, 0.15) is 0 Å². The van der Waals surface area contributed by atoms with Gasteiger partial charge in [-0.05, 0) is 63.7 Å². The van der Waals surface area contributed by atoms with Crippen molar-refractivity contribution < 1.29 is 9.47 Å². The van der Waals surface area contributed by atoms with E-state index in [-0.39, 0.29) is 0 Å². The molecule has 3 nitrogen and oxygen atoms in total. The maximum atomic E-state index is 5.74. The number of aryl methyl sites for hydroxylation is 1. The first-order chi connectivity index (χ1) is 10.7. The molecule has 4 heteroatoms. The lowest BCUT2D eigenvalue weighted by Crippen LogP contribution is -2.49. The van der Waals surface area contributed by atoms with Gasteiger partial charge in [-0.25, -0.2) is 0 Å². The maximum absolute atomic E-state index is 5.74. The van der Waals surface area contributed by atoms with Crippen molar-refractivity contribution in [3.05, 3.63) is 21.9 Å². The summed E-state index contributed by atoms with van der Waals surface area (Å²) in [7, 11) is 0. The van der Waals surface area contributed by atoms with E-state index in [4.69, 9.17) is 9.47 Å². The molecule has 0 radical (unpaired) electrons. The first-order valence-corrected chi connectivity index (χ1v) is 9.47. The molecule has 1 aromatic rings. The van der Waals surface area contributed by atoms with E-state index in [0.29, 0.717) is 11.3 Å². The molecule has 1 unspecified atom stereocenters. The van der Waals surface area contributed by atoms with Gasteiger partial charge in [-0.15, -0.1) is 11.3 Å². The molecule has 2 fully saturated rings. The highest BCUT2D eigenvalue weighted by atomic mass is 32.1. The van der Waals surface area contributed by atoms with Gasteiger partial charge < -0.3 is 9.47 Å². The lowest BCUT2D eigenvalue weighted by Gasteiger charge is -2.49. The Morgan fingerprint density at radius 2 is 2.14 bits per heavy atom. The van der Waals surface area contributed by atoms with Crippen LogP contribution >= 0.6 is 11.3 Å². The van der Waals surface area contributed by atoms with E-state index in [2.05, 4.69) is 30.9 Å². The van der Waals surface area contributed by atoms with Gasteiger partial charge in [0, 0.05) is 35.4 Å². The largest absolute Gasteiger partial charge is 0.381 e. The summed E-state index contributed by atoms with van der Waals surface area (Å²) in [5.74, 6) is 0.590. The lowest BCUT2D eigenvalue weighted by molar-refractivity contribution is -0.0992. The molecule has 0 N–H and O–H groups in total. The molecule has 1 spiro atoms. The second kappa shape index (κ2) is 7.43. The van der Waals surface area contributed by atoms with E-state index in [0.717, 1.165) is 33.0 Å². The predicted molar refractivity (Wildman–Crippen MR) is 91.4 cm³/mol. The average Bonchev–Trinajstić information content (AvgIpc) is 2.94. The Morgan fingerprint density at radius 3 is 2.82 bits per heavy atom. The lowest BCUT2D eigenvalue weighted by atomic mass is 9.66. The van der Waals surface area contributed by atoms with Crippen LogP contribution in [-0.2, 0) is 16.0 Å². The van der Waals surface area contributed by atoms with Crippen molar-refractivity contribution in [3.8, 4) is 0 Å². The first kappa shape index (κ1) is 16.4. The van der Waals surface area contributed by atoms with Crippen LogP contribution in [-0.4, -0.2) is 44.4 Å². The summed E-state index contributed by atoms with van der Waals surface area (Å²) in [6.45, 7) is 11.4. The Bertz CT molecular complexity index is 465. The van der Waals surface area contributed by atoms with Crippen molar-refractivity contribution in [2.45, 2.75) is 39.7 Å². The zero-order valence-electron chi connectivity index (χ0n) is 14.0. The smallest absolute Gasteiger partial charge is 0.0521 e. The highest BCUT2D eigenvalue weighted by Crippen LogP contribution is 2.45. The van der Waals surface area contributed by atoms with Crippen molar-refractivity contribution in [2.24, 2.45) is 11.3 Å². The number of nitrogens with zero attached hydrogens (tertiary/aromatic N) is 1. The molecule has 2 aliphatic heterocycles. The van der Waals surface area contributed by atoms with Gasteiger partial charge in [-0.3, -0.25) is 4.90 Å². The minimum absolute atomic E-state index is 0.468. The number of thiophene rings is 1. The van der Waals surface area contributed by atoms with Crippen molar-refractivity contribution in [2.75, 3.05) is 39.5 Å². The van der Waals surface area contributed by atoms with Gasteiger partial charge in [0.15, 0.2) is 0 Å². The van der Waals surface area contributed by atoms with Crippen molar-refractivity contribution in [1.29, 1.82) is 0 Å². The van der Waals surface area contributed by atoms with Gasteiger partial charge in [0.2, 0.25) is 0 Å². The Hall–Kier alpha value is -0.420. The molecule has 3 rings (SSSR count). The molecule has 0 aliphatic carbocycles. The number of piperidine rings is 1. The van der Waals surface area contributed by atoms with E-state index in [1.165, 1.54) is 42.1 Å². The number of rotatable bonds is 5. The van der Waals surface area contributed by atoms with Gasteiger partial charge in [-0.1, -0.05) is 0 Å². The van der Waals surface area contributed by atoms with Crippen molar-refractivity contribution in [3.63, 3.8) is 0 Å². The molecule has 3 heterocycles. The third-order valence-corrected chi connectivity index (χ3v) is 6.47. The van der Waals surface area contributed by atoms with E-state index < -0.39 is 0 Å². The summed E-state index contributed by atoms with van der Waals surface area (Å²) >= 11 is 1.94. The predicted octanol–water partition coefficient (Wildman–Crippen LogP) is 3.71. The highest BCUT2D eigenvalue weighted by molar-refractivity contribution is 7.11. The second-order valence-corrected chi connectivity index (χ2v) is 8.20. The Morgan fingerprint density at radius 1 is 1.32 bits per heavy atom. The van der Waals surface area contributed by atoms with Crippen LogP contribution in [0.3, 0.4) is 0 Å². The molecular formula is C18H29NO2S. The first-order valence-electron chi connectivity index (χ1n) is 8.65. The summed E-state index contributed by atoms with van der Waals surface area (Å²) in [5, 5.41) is 0. The second-order valence-electron chi connectivity index (χ2n) is 6.83. The summed E-state index contributed by atoms with van der Waals surface area (Å²) in [5.41, 5.74) is 0.468. The van der Waals surface area contributed by atoms with Crippen LogP contribution in [0.4, 0.5) is 0 Å². The number of ether oxygens (including phenoxy) is 2. The van der Waals surface area contributed by atoms with Gasteiger partial charge in [0.05, 0.1) is 13.2 Å². The number of likely N-dealkylation sites (tertiary alicyclic amines) is 1. The summed E-state index contributed by atoms with van der Waals surface area (Å²) in [6, 6.07) is 4.53. The molecule has 1 atom stereocenters. The van der Waals surface area contributed by atoms with Gasteiger partial charge in [-0.2, -0.15) is 0 Å². The van der Waals surface area contributed by atoms with Crippen molar-refractivity contribution in [1.82, 2.24) is 4.90 Å². The Balaban J connectivity index is 1.56. The molecule has 0 bridgehead atoms. The van der Waals surface area contributed by atoms with Crippen LogP contribution in [0.1, 0.15) is 35.9 Å². The number of hydrogen-bond donors (Lipinski definition) is 0. The average molecular weight is 324 g/mol. The van der Waals surface area contributed by atoms with Gasteiger partial charge >= 0.3 is 0 Å². The monoisotopic (exact) mass is 323 g/mol. The minimum Gasteiger partial charge on any atom is -0.381 e. The summed E-state index contributed by atoms with van der Waals surface area (Å²) in [4.78, 5) is 5.56. The van der Waals surface area contributed by atoms with Crippen LogP contribution in [0.2, 0.25) is 0 Å². The molecule has 22 heavy (non-hydrogen) atoms. The Labute approximate surface area is 138 Å². The quantitative estimate of drug-likeness (QED) is 0.824. The fourth-order valence-electron chi connectivity index (χ4n) is 3.97. The van der Waals surface area contributed by atoms with Crippen LogP contribution in [0.5, 0.6) is 0 Å². The van der Waals surface area contributed by atoms with Crippen LogP contribution < -0.4 is 0 Å². The van der Waals surface area contributed by atoms with E-state index >= 15 is 0 Å². The molecule has 0 aromatic carbocycles. The van der Waals surface area contributed by atoms with Gasteiger partial charge in [0.25, 0.3) is 0 Å². The number of hydrogen-bond acceptors (Lipinski definition) is 4. The normalized spacial score (nSPS) is 25.6. The molecule has 0 saturated carbocycles. The van der Waals surface area contributed by atoms with Crippen molar-refractivity contribution >= 4 is 11.3 Å². The molecule has 2 aliphatic rings. The molecule has 2 saturated heterocycles. The Kier molecular flexibility index (Phi) is 5.55. The SMILES string of the molecule is CCOCC1COCCC12CCN(Cc1ccc(C)s1)CC2. The van der Waals surface area contributed by atoms with Crippen LogP contribution in [0.15, 0.2) is 12.1 Å². The highest BCUT2D eigenvalue weighted by Gasteiger charge is 2.43. The fraction of sp³-hybridized carbons (Fsp3) is 0.778. The third-order valence-electron chi connectivity index (χ3n) is 5.48. The minimum atomic E-state index is 0.468. The summed E-state index contributed by atoms with van der Waals surface area (Å²) in [6.07, 6.45) is 3.83. The zero-order valence-corrected chi connectivity index (χ0v) is 14.8. The fourth-order valence-corrected chi connectivity index (χ4v) is 4.90. The molecular weight excluding hydrogens is 294 g/mol. The van der Waals surface area contributed by atoms with E-state index in [1.54, 1.807) is 0 Å². The van der Waals surface area contributed by atoms with E-state index in [1.807, 2.05) is 11.3 Å². The topological polar surface area (TPSA) is 21.7 Å². The molecule has 1 aromatic heterocycles. The third kappa shape index (κ3) is 3.73. The molecule has 0 amide bonds. The van der Waals surface area contributed by atoms with Crippen LogP contribution in [0.25, 0.3) is 0 Å². The zero-order chi connectivity index (χ0) is 15.4.